The van der Waals surface area contributed by atoms with Crippen molar-refractivity contribution < 1.29 is 8.78 Å². The SMILES string of the molecule is CC(C)N(C)C.CC(C)N1CCC(F)(F)CC1. The van der Waals surface area contributed by atoms with E-state index in [4.69, 9.17) is 0 Å². The van der Waals surface area contributed by atoms with Crippen molar-refractivity contribution in [1.82, 2.24) is 9.80 Å². The molecule has 1 aliphatic rings. The van der Waals surface area contributed by atoms with Gasteiger partial charge in [-0.05, 0) is 41.8 Å². The largest absolute Gasteiger partial charge is 0.307 e. The van der Waals surface area contributed by atoms with Crippen molar-refractivity contribution in [3.05, 3.63) is 0 Å². The van der Waals surface area contributed by atoms with E-state index in [-0.39, 0.29) is 12.8 Å². The summed E-state index contributed by atoms with van der Waals surface area (Å²) in [5.41, 5.74) is 0. The Kier molecular flexibility index (Phi) is 7.17. The predicted molar refractivity (Wildman–Crippen MR) is 69.7 cm³/mol. The minimum Gasteiger partial charge on any atom is -0.307 e. The molecule has 17 heavy (non-hydrogen) atoms. The van der Waals surface area contributed by atoms with Crippen molar-refractivity contribution in [3.63, 3.8) is 0 Å². The summed E-state index contributed by atoms with van der Waals surface area (Å²) in [5, 5.41) is 0. The first kappa shape index (κ1) is 16.8. The van der Waals surface area contributed by atoms with E-state index in [1.165, 1.54) is 0 Å². The third-order valence-electron chi connectivity index (χ3n) is 3.29. The molecule has 0 bridgehead atoms. The molecule has 0 spiro atoms. The van der Waals surface area contributed by atoms with Crippen molar-refractivity contribution >= 4 is 0 Å². The summed E-state index contributed by atoms with van der Waals surface area (Å²) in [5.74, 6) is -2.40. The minimum absolute atomic E-state index is 0.0329. The molecular formula is C13H28F2N2. The molecule has 2 nitrogen and oxygen atoms in total. The molecule has 0 aromatic heterocycles. The van der Waals surface area contributed by atoms with Crippen molar-refractivity contribution in [1.29, 1.82) is 0 Å². The Labute approximate surface area is 105 Å². The molecule has 4 heteroatoms. The quantitative estimate of drug-likeness (QED) is 0.743. The number of alkyl halides is 2. The summed E-state index contributed by atoms with van der Waals surface area (Å²) in [7, 11) is 4.15. The molecule has 0 aromatic rings. The Hall–Kier alpha value is -0.220. The molecule has 1 aliphatic heterocycles. The van der Waals surface area contributed by atoms with Gasteiger partial charge in [0.2, 0.25) is 0 Å². The zero-order valence-corrected chi connectivity index (χ0v) is 12.1. The van der Waals surface area contributed by atoms with Crippen LogP contribution in [0.3, 0.4) is 0 Å². The van der Waals surface area contributed by atoms with Crippen LogP contribution in [0.25, 0.3) is 0 Å². The average molecular weight is 250 g/mol. The maximum absolute atomic E-state index is 12.6. The highest BCUT2D eigenvalue weighted by Gasteiger charge is 2.34. The van der Waals surface area contributed by atoms with E-state index in [0.29, 0.717) is 25.2 Å². The number of halogens is 2. The molecule has 1 fully saturated rings. The second-order valence-electron chi connectivity index (χ2n) is 5.54. The summed E-state index contributed by atoms with van der Waals surface area (Å²) in [4.78, 5) is 4.26. The lowest BCUT2D eigenvalue weighted by Gasteiger charge is -2.34. The monoisotopic (exact) mass is 250 g/mol. The van der Waals surface area contributed by atoms with Crippen LogP contribution in [0, 0.1) is 0 Å². The van der Waals surface area contributed by atoms with Crippen LogP contribution in [0.5, 0.6) is 0 Å². The fourth-order valence-electron chi connectivity index (χ4n) is 1.37. The summed E-state index contributed by atoms with van der Waals surface area (Å²) < 4.78 is 25.2. The second kappa shape index (κ2) is 7.27. The van der Waals surface area contributed by atoms with Gasteiger partial charge in [0.1, 0.15) is 0 Å². The van der Waals surface area contributed by atoms with Gasteiger partial charge in [-0.1, -0.05) is 0 Å². The molecule has 0 unspecified atom stereocenters. The van der Waals surface area contributed by atoms with Gasteiger partial charge in [-0.2, -0.15) is 0 Å². The Morgan fingerprint density at radius 2 is 1.35 bits per heavy atom. The van der Waals surface area contributed by atoms with E-state index in [1.807, 2.05) is 13.8 Å². The van der Waals surface area contributed by atoms with E-state index in [2.05, 4.69) is 37.7 Å². The maximum Gasteiger partial charge on any atom is 0.250 e. The molecule has 0 amide bonds. The fraction of sp³-hybridized carbons (Fsp3) is 1.00. The van der Waals surface area contributed by atoms with E-state index >= 15 is 0 Å². The molecule has 1 rings (SSSR count). The van der Waals surface area contributed by atoms with Crippen LogP contribution >= 0.6 is 0 Å². The molecule has 0 atom stereocenters. The predicted octanol–water partition coefficient (Wildman–Crippen LogP) is 3.08. The second-order valence-corrected chi connectivity index (χ2v) is 5.54. The number of likely N-dealkylation sites (tertiary alicyclic amines) is 1. The number of piperidine rings is 1. The first-order valence-electron chi connectivity index (χ1n) is 6.44. The maximum atomic E-state index is 12.6. The van der Waals surface area contributed by atoms with Gasteiger partial charge >= 0.3 is 0 Å². The van der Waals surface area contributed by atoms with Crippen molar-refractivity contribution in [3.8, 4) is 0 Å². The first-order valence-corrected chi connectivity index (χ1v) is 6.44. The van der Waals surface area contributed by atoms with Crippen molar-refractivity contribution in [2.45, 2.75) is 58.5 Å². The van der Waals surface area contributed by atoms with Gasteiger partial charge in [0.15, 0.2) is 0 Å². The minimum atomic E-state index is -2.40. The fourth-order valence-corrected chi connectivity index (χ4v) is 1.37. The Balaban J connectivity index is 0.000000366. The molecule has 1 saturated heterocycles. The van der Waals surface area contributed by atoms with Crippen LogP contribution in [-0.4, -0.2) is 55.0 Å². The molecule has 0 saturated carbocycles. The summed E-state index contributed by atoms with van der Waals surface area (Å²) >= 11 is 0. The average Bonchev–Trinajstić information content (AvgIpc) is 2.17. The smallest absolute Gasteiger partial charge is 0.250 e. The van der Waals surface area contributed by atoms with Gasteiger partial charge in [0, 0.05) is 38.0 Å². The molecule has 0 aliphatic carbocycles. The molecular weight excluding hydrogens is 222 g/mol. The van der Waals surface area contributed by atoms with Crippen LogP contribution in [-0.2, 0) is 0 Å². The van der Waals surface area contributed by atoms with Crippen LogP contribution in [0.4, 0.5) is 8.78 Å². The van der Waals surface area contributed by atoms with Crippen molar-refractivity contribution in [2.75, 3.05) is 27.2 Å². The van der Waals surface area contributed by atoms with Crippen LogP contribution in [0.1, 0.15) is 40.5 Å². The van der Waals surface area contributed by atoms with Crippen molar-refractivity contribution in [2.24, 2.45) is 0 Å². The highest BCUT2D eigenvalue weighted by Crippen LogP contribution is 2.28. The zero-order chi connectivity index (χ0) is 13.6. The molecule has 0 N–H and O–H groups in total. The Bertz CT molecular complexity index is 188. The number of rotatable bonds is 2. The third kappa shape index (κ3) is 7.66. The van der Waals surface area contributed by atoms with Crippen LogP contribution in [0.2, 0.25) is 0 Å². The normalized spacial score (nSPS) is 20.6. The third-order valence-corrected chi connectivity index (χ3v) is 3.29. The van der Waals surface area contributed by atoms with E-state index in [0.717, 1.165) is 0 Å². The number of hydrogen-bond acceptors (Lipinski definition) is 2. The van der Waals surface area contributed by atoms with Gasteiger partial charge in [0.25, 0.3) is 5.92 Å². The number of nitrogens with zero attached hydrogens (tertiary/aromatic N) is 2. The van der Waals surface area contributed by atoms with Crippen LogP contribution < -0.4 is 0 Å². The Morgan fingerprint density at radius 1 is 1.00 bits per heavy atom. The summed E-state index contributed by atoms with van der Waals surface area (Å²) in [6.07, 6.45) is 0.0658. The lowest BCUT2D eigenvalue weighted by atomic mass is 10.1. The highest BCUT2D eigenvalue weighted by atomic mass is 19.3. The lowest BCUT2D eigenvalue weighted by Crippen LogP contribution is -2.42. The molecule has 1 heterocycles. The first-order chi connectivity index (χ1) is 7.65. The van der Waals surface area contributed by atoms with Gasteiger partial charge < -0.3 is 9.80 Å². The van der Waals surface area contributed by atoms with E-state index in [1.54, 1.807) is 0 Å². The van der Waals surface area contributed by atoms with Gasteiger partial charge in [-0.3, -0.25) is 0 Å². The highest BCUT2D eigenvalue weighted by molar-refractivity contribution is 4.78. The van der Waals surface area contributed by atoms with E-state index < -0.39 is 5.92 Å². The summed E-state index contributed by atoms with van der Waals surface area (Å²) in [6, 6.07) is 1.09. The van der Waals surface area contributed by atoms with Crippen LogP contribution in [0.15, 0.2) is 0 Å². The zero-order valence-electron chi connectivity index (χ0n) is 12.1. The number of hydrogen-bond donors (Lipinski definition) is 0. The molecule has 0 radical (unpaired) electrons. The molecule has 0 aromatic carbocycles. The summed E-state index contributed by atoms with van der Waals surface area (Å²) in [6.45, 7) is 9.52. The standard InChI is InChI=1S/C8H15F2N.C5H13N/c1-7(2)11-5-3-8(9,10)4-6-11;1-5(2)6(3)4/h7H,3-6H2,1-2H3;5H,1-4H3. The lowest BCUT2D eigenvalue weighted by molar-refractivity contribution is -0.0603. The topological polar surface area (TPSA) is 6.48 Å². The van der Waals surface area contributed by atoms with Gasteiger partial charge in [0.05, 0.1) is 0 Å². The van der Waals surface area contributed by atoms with Gasteiger partial charge in [-0.15, -0.1) is 0 Å². The van der Waals surface area contributed by atoms with E-state index in [9.17, 15) is 8.78 Å². The molecule has 104 valence electrons. The Morgan fingerprint density at radius 3 is 1.59 bits per heavy atom. The van der Waals surface area contributed by atoms with Gasteiger partial charge in [-0.25, -0.2) is 8.78 Å².